The van der Waals surface area contributed by atoms with Gasteiger partial charge in [0.15, 0.2) is 31.5 Å². The van der Waals surface area contributed by atoms with E-state index >= 15 is 0 Å². The monoisotopic (exact) mass is 1030 g/mol. The maximum absolute atomic E-state index is 11.3. The van der Waals surface area contributed by atoms with Crippen molar-refractivity contribution in [2.75, 3.05) is 39.6 Å². The first-order chi connectivity index (χ1) is 28.9. The van der Waals surface area contributed by atoms with Crippen LogP contribution >= 0.6 is 23.0 Å². The summed E-state index contributed by atoms with van der Waals surface area (Å²) < 4.78 is 54.6. The van der Waals surface area contributed by atoms with Crippen LogP contribution in [-0.2, 0) is 45.7 Å². The van der Waals surface area contributed by atoms with Gasteiger partial charge in [-0.05, 0) is 6.42 Å². The number of aliphatic hydroxyl groups excluding tert-OH is 16. The molecule has 0 aromatic carbocycles. The van der Waals surface area contributed by atoms with Crippen molar-refractivity contribution in [3.63, 3.8) is 0 Å². The van der Waals surface area contributed by atoms with Crippen LogP contribution in [0.15, 0.2) is 0 Å². The largest absolute Gasteiger partial charge is 0.394 e. The molecule has 0 bridgehead atoms. The molecule has 5 saturated heterocycles. The molecule has 5 aliphatic rings. The van der Waals surface area contributed by atoms with Gasteiger partial charge in [-0.1, -0.05) is 21.3 Å². The molecule has 27 heteroatoms. The minimum absolute atomic E-state index is 0. The minimum Gasteiger partial charge on any atom is -0.394 e. The number of rotatable bonds is 15. The molecule has 0 aromatic rings. The maximum atomic E-state index is 11.3. The van der Waals surface area contributed by atoms with Gasteiger partial charge in [-0.25, -0.2) is 0 Å². The van der Waals surface area contributed by atoms with Crippen LogP contribution in [0.3, 0.4) is 0 Å². The van der Waals surface area contributed by atoms with Gasteiger partial charge in [-0.3, -0.25) is 0 Å². The SMILES string of the molecule is C.CCCOI.C[C@@H]1[C@@H](O)[C@H](O[C@H]2O[C@H](CO[C@H]3O[C@H](CO[C@H]4O[C@H](CO)[C@@H](O)[C@H](O)[C@H]4O)[C@@H](OC4O[C@H](CO)[C@@H](O)[C@H](O)[C@H]4O)[C@H](O)[C@H]3O)[C@@H](O)[C@H](O)[C@H]2O)[C@@H](CO)O[C@@H]1O. The Morgan fingerprint density at radius 1 is 0.435 bits per heavy atom. The van der Waals surface area contributed by atoms with Crippen molar-refractivity contribution in [2.24, 2.45) is 5.92 Å². The second-order valence-corrected chi connectivity index (χ2v) is 15.8. The molecule has 0 spiro atoms. The summed E-state index contributed by atoms with van der Waals surface area (Å²) in [5.74, 6) is -0.930. The normalized spacial score (nSPS) is 48.7. The first-order valence-corrected chi connectivity index (χ1v) is 20.5. The molecule has 0 saturated carbocycles. The molecule has 26 nitrogen and oxygen atoms in total. The fourth-order valence-corrected chi connectivity index (χ4v) is 7.49. The predicted octanol–water partition coefficient (Wildman–Crippen LogP) is -8.25. The highest BCUT2D eigenvalue weighted by Gasteiger charge is 2.54. The lowest BCUT2D eigenvalue weighted by Gasteiger charge is -2.47. The van der Waals surface area contributed by atoms with Crippen LogP contribution < -0.4 is 0 Å². The molecule has 0 aliphatic carbocycles. The van der Waals surface area contributed by atoms with Gasteiger partial charge in [0.25, 0.3) is 0 Å². The van der Waals surface area contributed by atoms with Crippen LogP contribution in [0.5, 0.6) is 0 Å². The highest BCUT2D eigenvalue weighted by molar-refractivity contribution is 14.1. The third-order valence-corrected chi connectivity index (χ3v) is 11.3. The lowest BCUT2D eigenvalue weighted by atomic mass is 9.92. The average Bonchev–Trinajstić information content (AvgIpc) is 3.25. The maximum Gasteiger partial charge on any atom is 0.187 e. The van der Waals surface area contributed by atoms with Crippen LogP contribution in [0.4, 0.5) is 0 Å². The number of aliphatic hydroxyl groups is 16. The van der Waals surface area contributed by atoms with Gasteiger partial charge in [-0.2, -0.15) is 0 Å². The topological polar surface area (TPSA) is 416 Å². The van der Waals surface area contributed by atoms with Crippen molar-refractivity contribution in [3.8, 4) is 0 Å². The van der Waals surface area contributed by atoms with Crippen LogP contribution in [0.2, 0.25) is 0 Å². The highest BCUT2D eigenvalue weighted by atomic mass is 127. The van der Waals surface area contributed by atoms with Crippen molar-refractivity contribution >= 4 is 23.0 Å². The molecule has 5 rings (SSSR count). The van der Waals surface area contributed by atoms with E-state index in [0.717, 1.165) is 13.0 Å². The Kier molecular flexibility index (Phi) is 23.2. The molecule has 0 aromatic heterocycles. The standard InChI is InChI=1S/C31H54O25.C3H7IO.CH4/c1-7-13(35)25(10(4-34)50-27(7)47)55-31-23(45)19(41)16(38)11(53-31)5-48-29-24(46)20(42)26(56-30-22(44)18(40)15(37)9(3-33)52-30)12(54-29)6-49-28-21(43)17(39)14(36)8(2-32)51-28;1-2-3-5-4;/h7-47H,2-6H2,1H3;2-3H2,1H3;1H4/t7-,8-,9-,10-,11-,12-,13-,14-,15-,16-,17+,18+,19+,20-,21-,22-,23-,24-,25-,26-,27+,28+,29+,30?,31-;;/m1../s1. The van der Waals surface area contributed by atoms with Gasteiger partial charge in [0, 0.05) is 5.92 Å². The summed E-state index contributed by atoms with van der Waals surface area (Å²) in [7, 11) is 0. The summed E-state index contributed by atoms with van der Waals surface area (Å²) in [6.07, 6.45) is -40.7. The Hall–Kier alpha value is -0.310. The van der Waals surface area contributed by atoms with Crippen molar-refractivity contribution in [2.45, 2.75) is 175 Å². The molecule has 0 amide bonds. The number of hydrogen-bond donors (Lipinski definition) is 16. The van der Waals surface area contributed by atoms with E-state index in [1.165, 1.54) is 6.92 Å². The summed E-state index contributed by atoms with van der Waals surface area (Å²) >= 11 is 1.89. The molecule has 5 aliphatic heterocycles. The Morgan fingerprint density at radius 3 is 1.24 bits per heavy atom. The van der Waals surface area contributed by atoms with Gasteiger partial charge < -0.3 is 127 Å². The lowest BCUT2D eigenvalue weighted by molar-refractivity contribution is -0.375. The smallest absolute Gasteiger partial charge is 0.187 e. The molecule has 5 fully saturated rings. The second kappa shape index (κ2) is 25.7. The van der Waals surface area contributed by atoms with Crippen LogP contribution in [0.1, 0.15) is 27.7 Å². The third kappa shape index (κ3) is 13.0. The molecule has 25 atom stereocenters. The fourth-order valence-electron chi connectivity index (χ4n) is 7.05. The first-order valence-electron chi connectivity index (χ1n) is 19.6. The van der Waals surface area contributed by atoms with E-state index in [2.05, 4.69) is 9.99 Å². The van der Waals surface area contributed by atoms with Crippen molar-refractivity contribution < 1.29 is 127 Å². The first kappa shape index (κ1) is 56.0. The predicted molar refractivity (Wildman–Crippen MR) is 207 cm³/mol. The lowest BCUT2D eigenvalue weighted by Crippen LogP contribution is -2.66. The van der Waals surface area contributed by atoms with Crippen molar-refractivity contribution in [3.05, 3.63) is 0 Å². The second-order valence-electron chi connectivity index (χ2n) is 15.2. The summed E-state index contributed by atoms with van der Waals surface area (Å²) in [6, 6.07) is 0. The van der Waals surface area contributed by atoms with E-state index < -0.39 is 186 Å². The van der Waals surface area contributed by atoms with Crippen LogP contribution in [-0.4, -0.2) is 269 Å². The van der Waals surface area contributed by atoms with Gasteiger partial charge in [-0.15, -0.1) is 0 Å². The van der Waals surface area contributed by atoms with E-state index in [4.69, 9.17) is 42.6 Å². The zero-order valence-corrected chi connectivity index (χ0v) is 35.2. The van der Waals surface area contributed by atoms with E-state index in [0.29, 0.717) is 0 Å². The molecular formula is C35H65IO26. The highest BCUT2D eigenvalue weighted by Crippen LogP contribution is 2.34. The molecule has 62 heavy (non-hydrogen) atoms. The Morgan fingerprint density at radius 2 is 0.806 bits per heavy atom. The zero-order valence-electron chi connectivity index (χ0n) is 33.0. The third-order valence-electron chi connectivity index (χ3n) is 10.9. The minimum atomic E-state index is -2.05. The summed E-state index contributed by atoms with van der Waals surface area (Å²) in [4.78, 5) is 0. The molecular weight excluding hydrogens is 963 g/mol. The van der Waals surface area contributed by atoms with Crippen LogP contribution in [0.25, 0.3) is 0 Å². The number of hydrogen-bond acceptors (Lipinski definition) is 26. The van der Waals surface area contributed by atoms with Crippen molar-refractivity contribution in [1.29, 1.82) is 0 Å². The quantitative estimate of drug-likeness (QED) is 0.0677. The molecule has 1 unspecified atom stereocenters. The van der Waals surface area contributed by atoms with E-state index in [1.807, 2.05) is 23.0 Å². The van der Waals surface area contributed by atoms with Gasteiger partial charge in [0.05, 0.1) is 45.7 Å². The summed E-state index contributed by atoms with van der Waals surface area (Å²) in [6.45, 7) is 0.428. The van der Waals surface area contributed by atoms with E-state index in [9.17, 15) is 81.7 Å². The van der Waals surface area contributed by atoms with Gasteiger partial charge in [0.2, 0.25) is 0 Å². The Bertz CT molecular complexity index is 1260. The average molecular weight is 1030 g/mol. The van der Waals surface area contributed by atoms with Crippen LogP contribution in [0, 0.1) is 5.92 Å². The molecule has 16 N–H and O–H groups in total. The van der Waals surface area contributed by atoms with E-state index in [-0.39, 0.29) is 7.43 Å². The Balaban J connectivity index is 0.00000161. The zero-order chi connectivity index (χ0) is 45.5. The molecule has 5 heterocycles. The van der Waals surface area contributed by atoms with Crippen molar-refractivity contribution in [1.82, 2.24) is 0 Å². The molecule has 368 valence electrons. The van der Waals surface area contributed by atoms with Gasteiger partial charge >= 0.3 is 0 Å². The van der Waals surface area contributed by atoms with Gasteiger partial charge in [0.1, 0.15) is 133 Å². The summed E-state index contributed by atoms with van der Waals surface area (Å²) in [5.41, 5.74) is 0. The fraction of sp³-hybridized carbons (Fsp3) is 1.00. The molecule has 0 radical (unpaired) electrons. The Labute approximate surface area is 370 Å². The number of ether oxygens (including phenoxy) is 9. The number of halogens is 1. The summed E-state index contributed by atoms with van der Waals surface area (Å²) in [5, 5.41) is 166. The van der Waals surface area contributed by atoms with E-state index in [1.54, 1.807) is 0 Å².